The summed E-state index contributed by atoms with van der Waals surface area (Å²) in [6.07, 6.45) is 1.19. The zero-order valence-corrected chi connectivity index (χ0v) is 7.71. The highest BCUT2D eigenvalue weighted by atomic mass is 16.6. The lowest BCUT2D eigenvalue weighted by atomic mass is 10.2. The van der Waals surface area contributed by atoms with E-state index in [1.807, 2.05) is 0 Å². The molecule has 0 amide bonds. The third kappa shape index (κ3) is 2.48. The Morgan fingerprint density at radius 1 is 1.71 bits per heavy atom. The number of hydrogen-bond donors (Lipinski definition) is 1. The maximum Gasteiger partial charge on any atom is 0.287 e. The summed E-state index contributed by atoms with van der Waals surface area (Å²) in [7, 11) is 1.53. The Morgan fingerprint density at radius 2 is 2.43 bits per heavy atom. The Labute approximate surface area is 80.9 Å². The first kappa shape index (κ1) is 10.6. The van der Waals surface area contributed by atoms with Crippen molar-refractivity contribution in [2.24, 2.45) is 5.73 Å². The first-order valence-corrected chi connectivity index (χ1v) is 4.00. The van der Waals surface area contributed by atoms with Crippen LogP contribution in [0.5, 0.6) is 0 Å². The van der Waals surface area contributed by atoms with Crippen molar-refractivity contribution in [3.05, 3.63) is 34.1 Å². The zero-order chi connectivity index (χ0) is 10.6. The Hall–Kier alpha value is -1.53. The molecule has 1 heterocycles. The van der Waals surface area contributed by atoms with Crippen LogP contribution in [0.2, 0.25) is 0 Å². The van der Waals surface area contributed by atoms with Crippen LogP contribution in [-0.2, 0) is 4.74 Å². The van der Waals surface area contributed by atoms with Crippen LogP contribution < -0.4 is 5.73 Å². The molecule has 1 aromatic heterocycles. The zero-order valence-electron chi connectivity index (χ0n) is 7.71. The first-order chi connectivity index (χ1) is 6.65. The first-order valence-electron chi connectivity index (χ1n) is 4.00. The fourth-order valence-corrected chi connectivity index (χ4v) is 0.990. The standard InChI is InChI=1S/C8H11N3O3/c1-14-5-7(9)8-3-2-6(4-10-8)11(12)13/h2-4,7H,5,9H2,1H3/t7-/m0/s1. The third-order valence-corrected chi connectivity index (χ3v) is 1.71. The molecule has 2 N–H and O–H groups in total. The highest BCUT2D eigenvalue weighted by Gasteiger charge is 2.10. The van der Waals surface area contributed by atoms with E-state index >= 15 is 0 Å². The molecule has 0 radical (unpaired) electrons. The van der Waals surface area contributed by atoms with E-state index < -0.39 is 4.92 Å². The summed E-state index contributed by atoms with van der Waals surface area (Å²) in [6.45, 7) is 0.338. The Bertz CT molecular complexity index is 312. The molecule has 0 aliphatic heterocycles. The molecule has 0 saturated heterocycles. The Kier molecular flexibility index (Phi) is 3.49. The predicted molar refractivity (Wildman–Crippen MR) is 49.7 cm³/mol. The minimum absolute atomic E-state index is 0.0432. The van der Waals surface area contributed by atoms with E-state index in [2.05, 4.69) is 4.98 Å². The van der Waals surface area contributed by atoms with Crippen LogP contribution in [0.15, 0.2) is 18.3 Å². The number of methoxy groups -OCH3 is 1. The molecule has 0 aliphatic carbocycles. The Balaban J connectivity index is 2.77. The third-order valence-electron chi connectivity index (χ3n) is 1.71. The van der Waals surface area contributed by atoms with Crippen LogP contribution in [0.4, 0.5) is 5.69 Å². The summed E-state index contributed by atoms with van der Waals surface area (Å²) >= 11 is 0. The van der Waals surface area contributed by atoms with E-state index in [0.29, 0.717) is 12.3 Å². The number of aromatic nitrogens is 1. The van der Waals surface area contributed by atoms with Crippen molar-refractivity contribution in [1.29, 1.82) is 0 Å². The number of nitrogens with two attached hydrogens (primary N) is 1. The molecule has 0 bridgehead atoms. The quantitative estimate of drug-likeness (QED) is 0.564. The average molecular weight is 197 g/mol. The van der Waals surface area contributed by atoms with Crippen molar-refractivity contribution >= 4 is 5.69 Å². The van der Waals surface area contributed by atoms with Gasteiger partial charge < -0.3 is 10.5 Å². The molecule has 1 aromatic rings. The Morgan fingerprint density at radius 3 is 2.86 bits per heavy atom. The van der Waals surface area contributed by atoms with Gasteiger partial charge in [0.05, 0.1) is 23.3 Å². The molecule has 76 valence electrons. The molecular formula is C8H11N3O3. The lowest BCUT2D eigenvalue weighted by molar-refractivity contribution is -0.385. The number of pyridine rings is 1. The van der Waals surface area contributed by atoms with E-state index in [-0.39, 0.29) is 11.7 Å². The van der Waals surface area contributed by atoms with Gasteiger partial charge in [-0.05, 0) is 6.07 Å². The summed E-state index contributed by atoms with van der Waals surface area (Å²) in [4.78, 5) is 13.7. The van der Waals surface area contributed by atoms with E-state index in [1.54, 1.807) is 0 Å². The second-order valence-corrected chi connectivity index (χ2v) is 2.76. The molecule has 0 unspecified atom stereocenters. The minimum Gasteiger partial charge on any atom is -0.383 e. The molecule has 0 aliphatic rings. The van der Waals surface area contributed by atoms with Gasteiger partial charge in [-0.3, -0.25) is 15.1 Å². The van der Waals surface area contributed by atoms with Crippen LogP contribution in [0.1, 0.15) is 11.7 Å². The molecule has 6 nitrogen and oxygen atoms in total. The largest absolute Gasteiger partial charge is 0.383 e. The summed E-state index contributed by atoms with van der Waals surface area (Å²) in [5.41, 5.74) is 6.21. The van der Waals surface area contributed by atoms with Crippen LogP contribution in [0, 0.1) is 10.1 Å². The molecule has 6 heteroatoms. The van der Waals surface area contributed by atoms with Crippen molar-refractivity contribution in [3.8, 4) is 0 Å². The van der Waals surface area contributed by atoms with Gasteiger partial charge >= 0.3 is 0 Å². The average Bonchev–Trinajstić information content (AvgIpc) is 2.18. The minimum atomic E-state index is -0.501. The second-order valence-electron chi connectivity index (χ2n) is 2.76. The van der Waals surface area contributed by atoms with Gasteiger partial charge in [0.1, 0.15) is 6.20 Å². The number of rotatable bonds is 4. The molecule has 0 saturated carbocycles. The number of ether oxygens (including phenoxy) is 1. The van der Waals surface area contributed by atoms with Gasteiger partial charge in [0.15, 0.2) is 0 Å². The summed E-state index contributed by atoms with van der Waals surface area (Å²) < 4.78 is 4.84. The van der Waals surface area contributed by atoms with Gasteiger partial charge in [-0.25, -0.2) is 0 Å². The fourth-order valence-electron chi connectivity index (χ4n) is 0.990. The van der Waals surface area contributed by atoms with Crippen LogP contribution >= 0.6 is 0 Å². The molecule has 0 spiro atoms. The van der Waals surface area contributed by atoms with E-state index in [1.165, 1.54) is 25.4 Å². The normalized spacial score (nSPS) is 12.4. The summed E-state index contributed by atoms with van der Waals surface area (Å²) in [5.74, 6) is 0. The van der Waals surface area contributed by atoms with Gasteiger partial charge in [0, 0.05) is 13.2 Å². The molecule has 0 fully saturated rings. The maximum atomic E-state index is 10.3. The molecular weight excluding hydrogens is 186 g/mol. The van der Waals surface area contributed by atoms with Crippen molar-refractivity contribution in [2.45, 2.75) is 6.04 Å². The van der Waals surface area contributed by atoms with E-state index in [9.17, 15) is 10.1 Å². The van der Waals surface area contributed by atoms with Crippen molar-refractivity contribution < 1.29 is 9.66 Å². The van der Waals surface area contributed by atoms with Gasteiger partial charge in [-0.2, -0.15) is 0 Å². The fraction of sp³-hybridized carbons (Fsp3) is 0.375. The SMILES string of the molecule is COC[C@H](N)c1ccc([N+](=O)[O-])cn1. The molecule has 1 rings (SSSR count). The summed E-state index contributed by atoms with van der Waals surface area (Å²) in [5, 5.41) is 10.3. The van der Waals surface area contributed by atoms with Crippen molar-refractivity contribution in [3.63, 3.8) is 0 Å². The monoisotopic (exact) mass is 197 g/mol. The van der Waals surface area contributed by atoms with Crippen molar-refractivity contribution in [2.75, 3.05) is 13.7 Å². The van der Waals surface area contributed by atoms with Crippen molar-refractivity contribution in [1.82, 2.24) is 4.98 Å². The predicted octanol–water partition coefficient (Wildman–Crippen LogP) is 0.636. The van der Waals surface area contributed by atoms with E-state index in [0.717, 1.165) is 0 Å². The molecule has 0 aromatic carbocycles. The van der Waals surface area contributed by atoms with E-state index in [4.69, 9.17) is 10.5 Å². The molecule has 1 atom stereocenters. The van der Waals surface area contributed by atoms with Gasteiger partial charge in [0.2, 0.25) is 0 Å². The van der Waals surface area contributed by atoms with Crippen LogP contribution in [0.25, 0.3) is 0 Å². The van der Waals surface area contributed by atoms with Gasteiger partial charge in [0.25, 0.3) is 5.69 Å². The maximum absolute atomic E-state index is 10.3. The molecule has 14 heavy (non-hydrogen) atoms. The second kappa shape index (κ2) is 4.64. The number of nitrogens with zero attached hydrogens (tertiary/aromatic N) is 2. The highest BCUT2D eigenvalue weighted by molar-refractivity contribution is 5.27. The van der Waals surface area contributed by atoms with Gasteiger partial charge in [-0.1, -0.05) is 0 Å². The lowest BCUT2D eigenvalue weighted by Gasteiger charge is -2.08. The topological polar surface area (TPSA) is 91.3 Å². The smallest absolute Gasteiger partial charge is 0.287 e. The number of hydrogen-bond acceptors (Lipinski definition) is 5. The van der Waals surface area contributed by atoms with Crippen LogP contribution in [-0.4, -0.2) is 23.6 Å². The highest BCUT2D eigenvalue weighted by Crippen LogP contribution is 2.12. The van der Waals surface area contributed by atoms with Crippen LogP contribution in [0.3, 0.4) is 0 Å². The lowest BCUT2D eigenvalue weighted by Crippen LogP contribution is -2.17. The number of nitro groups is 1. The summed E-state index contributed by atoms with van der Waals surface area (Å²) in [6, 6.07) is 2.56. The van der Waals surface area contributed by atoms with Gasteiger partial charge in [-0.15, -0.1) is 0 Å².